The number of aliphatic hydroxyl groups is 2. The van der Waals surface area contributed by atoms with Crippen LogP contribution in [0.15, 0.2) is 80.6 Å². The summed E-state index contributed by atoms with van der Waals surface area (Å²) >= 11 is 0. The number of methoxy groups -OCH3 is 4. The molecule has 13 heteroatoms. The first kappa shape index (κ1) is 44.8. The van der Waals surface area contributed by atoms with Crippen LogP contribution in [0.2, 0.25) is 0 Å². The molecule has 0 fully saturated rings. The van der Waals surface area contributed by atoms with E-state index < -0.39 is 30.3 Å². The van der Waals surface area contributed by atoms with Gasteiger partial charge >= 0.3 is 5.97 Å². The molecule has 0 aromatic heterocycles. The predicted octanol–water partition coefficient (Wildman–Crippen LogP) is 4.76. The van der Waals surface area contributed by atoms with Gasteiger partial charge in [0.25, 0.3) is 0 Å². The van der Waals surface area contributed by atoms with Gasteiger partial charge in [0.2, 0.25) is 23.6 Å². The molecule has 6 atom stereocenters. The Labute approximate surface area is 315 Å². The third kappa shape index (κ3) is 15.3. The molecule has 2 aromatic rings. The molecule has 0 amide bonds. The summed E-state index contributed by atoms with van der Waals surface area (Å²) in [5.74, 6) is 1.91. The van der Waals surface area contributed by atoms with Gasteiger partial charge in [0.15, 0.2) is 6.04 Å². The first-order valence-corrected chi connectivity index (χ1v) is 18.2. The van der Waals surface area contributed by atoms with E-state index in [-0.39, 0.29) is 18.0 Å². The van der Waals surface area contributed by atoms with Crippen LogP contribution < -0.4 is 5.73 Å². The van der Waals surface area contributed by atoms with E-state index in [2.05, 4.69) is 59.8 Å². The monoisotopic (exact) mass is 739 g/mol. The van der Waals surface area contributed by atoms with Crippen molar-refractivity contribution in [2.45, 2.75) is 103 Å². The summed E-state index contributed by atoms with van der Waals surface area (Å²) in [4.78, 5) is 28.3. The molecule has 5 N–H and O–H groups in total. The molecule has 13 nitrogen and oxygen atoms in total. The fourth-order valence-electron chi connectivity index (χ4n) is 5.62. The van der Waals surface area contributed by atoms with Crippen molar-refractivity contribution in [3.05, 3.63) is 71.8 Å². The number of carbonyl (C=O) groups is 1. The molecule has 2 heterocycles. The molecule has 2 aliphatic rings. The Morgan fingerprint density at radius 1 is 0.698 bits per heavy atom. The first-order chi connectivity index (χ1) is 25.4. The maximum absolute atomic E-state index is 10.6. The van der Waals surface area contributed by atoms with Crippen molar-refractivity contribution in [2.24, 2.45) is 37.5 Å². The number of aliphatic imine (C=N–C) groups is 4. The fourth-order valence-corrected chi connectivity index (χ4v) is 5.62. The van der Waals surface area contributed by atoms with E-state index in [0.717, 1.165) is 25.7 Å². The van der Waals surface area contributed by atoms with Crippen molar-refractivity contribution in [1.82, 2.24) is 0 Å². The zero-order chi connectivity index (χ0) is 39.3. The normalized spacial score (nSPS) is 19.8. The number of nitrogens with two attached hydrogens (primary N) is 1. The van der Waals surface area contributed by atoms with Gasteiger partial charge < -0.3 is 40.0 Å². The molecule has 4 rings (SSSR count). The largest absolute Gasteiger partial charge is 0.483 e. The number of carboxylic acids is 1. The minimum absolute atomic E-state index is 0.00806. The van der Waals surface area contributed by atoms with Gasteiger partial charge in [-0.05, 0) is 61.5 Å². The van der Waals surface area contributed by atoms with Gasteiger partial charge in [0, 0.05) is 0 Å². The van der Waals surface area contributed by atoms with E-state index in [0.29, 0.717) is 48.9 Å². The van der Waals surface area contributed by atoms with E-state index in [1.165, 1.54) is 11.1 Å². The summed E-state index contributed by atoms with van der Waals surface area (Å²) in [5, 5.41) is 28.6. The van der Waals surface area contributed by atoms with Gasteiger partial charge in [0.05, 0.1) is 40.6 Å². The highest BCUT2D eigenvalue weighted by atomic mass is 16.5. The van der Waals surface area contributed by atoms with Crippen LogP contribution in [0.3, 0.4) is 0 Å². The summed E-state index contributed by atoms with van der Waals surface area (Å²) in [5.41, 5.74) is 7.74. The third-order valence-corrected chi connectivity index (χ3v) is 8.75. The molecular weight excluding hydrogens is 678 g/mol. The summed E-state index contributed by atoms with van der Waals surface area (Å²) in [6.45, 7) is 8.78. The average Bonchev–Trinajstić information content (AvgIpc) is 3.17. The number of hydrogen-bond donors (Lipinski definition) is 4. The van der Waals surface area contributed by atoms with Gasteiger partial charge in [-0.15, -0.1) is 0 Å². The second-order valence-corrected chi connectivity index (χ2v) is 13.5. The van der Waals surface area contributed by atoms with E-state index in [4.69, 9.17) is 29.8 Å². The number of carboxylic acid groups (broad SMARTS) is 1. The molecule has 2 aromatic carbocycles. The summed E-state index contributed by atoms with van der Waals surface area (Å²) in [7, 11) is 6.42. The second kappa shape index (κ2) is 24.1. The lowest BCUT2D eigenvalue weighted by molar-refractivity contribution is -0.141. The molecule has 0 bridgehead atoms. The Kier molecular flexibility index (Phi) is 20.4. The topological polar surface area (TPSA) is 190 Å². The number of hydrogen-bond acceptors (Lipinski definition) is 12. The number of aliphatic carboxylic acids is 1. The van der Waals surface area contributed by atoms with Gasteiger partial charge in [-0.3, -0.25) is 4.79 Å². The molecule has 0 spiro atoms. The van der Waals surface area contributed by atoms with Crippen LogP contribution >= 0.6 is 0 Å². The Morgan fingerprint density at radius 3 is 1.60 bits per heavy atom. The standard InChI is InChI=1S/C19H28N2O3.C12H17NO3.C9H16N2O2/c1-13(2)16-18(23-3)21-17(19(20-16)24-4)15(22)12-8-11-14-9-6-5-7-10-14;13-11(12(15)16)10(14)8-4-7-9-5-2-1-3-6-9;1-6(2)8-9(13-4)10-5-7(11-8)12-3/h5-7,9-10,13,15-17,22H,8,11-12H2,1-4H3;1-3,5-6,10-11,14H,4,7-8,13H2,(H,15,16);6,8H,5H2,1-4H3/t15-,16+,17-;10-,11-;8-/m001/s1. The van der Waals surface area contributed by atoms with E-state index in [1.807, 2.05) is 48.5 Å². The smallest absolute Gasteiger partial charge is 0.323 e. The lowest BCUT2D eigenvalue weighted by Gasteiger charge is -2.29. The van der Waals surface area contributed by atoms with Crippen LogP contribution in [0.4, 0.5) is 0 Å². The lowest BCUT2D eigenvalue weighted by Crippen LogP contribution is -2.42. The first-order valence-electron chi connectivity index (χ1n) is 18.2. The molecule has 2 aliphatic heterocycles. The van der Waals surface area contributed by atoms with Crippen LogP contribution in [0.25, 0.3) is 0 Å². The minimum Gasteiger partial charge on any atom is -0.483 e. The van der Waals surface area contributed by atoms with Crippen molar-refractivity contribution in [2.75, 3.05) is 35.0 Å². The van der Waals surface area contributed by atoms with Crippen LogP contribution in [0.5, 0.6) is 0 Å². The minimum atomic E-state index is -1.18. The Bertz CT molecular complexity index is 1470. The van der Waals surface area contributed by atoms with Crippen LogP contribution in [0.1, 0.15) is 64.5 Å². The number of benzene rings is 2. The van der Waals surface area contributed by atoms with Crippen LogP contribution in [0, 0.1) is 11.8 Å². The van der Waals surface area contributed by atoms with Crippen molar-refractivity contribution in [1.29, 1.82) is 0 Å². The van der Waals surface area contributed by atoms with E-state index in [9.17, 15) is 15.0 Å². The molecule has 294 valence electrons. The van der Waals surface area contributed by atoms with Gasteiger partial charge in [-0.2, -0.15) is 0 Å². The molecule has 0 saturated heterocycles. The zero-order valence-corrected chi connectivity index (χ0v) is 32.6. The summed E-state index contributed by atoms with van der Waals surface area (Å²) in [6, 6.07) is 18.3. The third-order valence-electron chi connectivity index (χ3n) is 8.75. The van der Waals surface area contributed by atoms with Gasteiger partial charge in [-0.1, -0.05) is 88.4 Å². The second-order valence-electron chi connectivity index (χ2n) is 13.5. The van der Waals surface area contributed by atoms with Crippen LogP contribution in [-0.2, 0) is 36.6 Å². The number of aryl methyl sites for hydroxylation is 2. The predicted molar refractivity (Wildman–Crippen MR) is 210 cm³/mol. The van der Waals surface area contributed by atoms with Crippen molar-refractivity contribution >= 4 is 29.6 Å². The number of ether oxygens (including phenoxy) is 4. The van der Waals surface area contributed by atoms with Crippen LogP contribution in [-0.4, -0.2) is 116 Å². The number of rotatable bonds is 13. The van der Waals surface area contributed by atoms with Crippen molar-refractivity contribution in [3.8, 4) is 0 Å². The quantitative estimate of drug-likeness (QED) is 0.224. The maximum Gasteiger partial charge on any atom is 0.323 e. The average molecular weight is 740 g/mol. The Hall–Kier alpha value is -4.33. The molecule has 53 heavy (non-hydrogen) atoms. The highest BCUT2D eigenvalue weighted by Gasteiger charge is 2.34. The molecule has 0 aliphatic carbocycles. The molecular formula is C40H61N5O8. The van der Waals surface area contributed by atoms with Gasteiger partial charge in [0.1, 0.15) is 24.7 Å². The number of aliphatic hydroxyl groups excluding tert-OH is 2. The van der Waals surface area contributed by atoms with E-state index in [1.54, 1.807) is 28.4 Å². The summed E-state index contributed by atoms with van der Waals surface area (Å²) in [6.07, 6.45) is 2.80. The SMILES string of the molecule is COC1=N[C@H](C(C)C)C(OC)=NC1.COC1=N[C@H](C(C)C)C(OC)=N[C@H]1[C@@H](O)CCCc1ccccc1.N[C@H](C(=O)O)[C@@H](O)CCCc1ccccc1. The highest BCUT2D eigenvalue weighted by molar-refractivity contribution is 5.94. The van der Waals surface area contributed by atoms with Gasteiger partial charge in [-0.25, -0.2) is 20.0 Å². The Morgan fingerprint density at radius 2 is 1.15 bits per heavy atom. The lowest BCUT2D eigenvalue weighted by atomic mass is 9.98. The Balaban J connectivity index is 0.000000292. The molecule has 0 unspecified atom stereocenters. The maximum atomic E-state index is 10.6. The highest BCUT2D eigenvalue weighted by Crippen LogP contribution is 2.21. The molecule has 0 radical (unpaired) electrons. The fraction of sp³-hybridized carbons (Fsp3) is 0.575. The van der Waals surface area contributed by atoms with Crippen molar-refractivity contribution in [3.63, 3.8) is 0 Å². The molecule has 0 saturated carbocycles. The summed E-state index contributed by atoms with van der Waals surface area (Å²) < 4.78 is 21.0. The van der Waals surface area contributed by atoms with E-state index >= 15 is 0 Å². The zero-order valence-electron chi connectivity index (χ0n) is 32.6. The number of nitrogens with zero attached hydrogens (tertiary/aromatic N) is 4. The van der Waals surface area contributed by atoms with Crippen molar-refractivity contribution < 1.29 is 39.1 Å².